The van der Waals surface area contributed by atoms with Crippen LogP contribution in [0.25, 0.3) is 76.5 Å². The lowest BCUT2D eigenvalue weighted by Gasteiger charge is -2.11. The van der Waals surface area contributed by atoms with Crippen LogP contribution in [-0.4, -0.2) is 15.0 Å². The molecule has 0 spiro atoms. The van der Waals surface area contributed by atoms with E-state index in [9.17, 15) is 0 Å². The van der Waals surface area contributed by atoms with Gasteiger partial charge in [-0.25, -0.2) is 9.97 Å². The van der Waals surface area contributed by atoms with Gasteiger partial charge in [0.15, 0.2) is 5.82 Å². The van der Waals surface area contributed by atoms with Crippen molar-refractivity contribution in [3.63, 3.8) is 0 Å². The molecule has 0 saturated heterocycles. The Morgan fingerprint density at radius 3 is 1.70 bits per heavy atom. The highest BCUT2D eigenvalue weighted by Gasteiger charge is 2.12. The maximum atomic E-state index is 5.05. The summed E-state index contributed by atoms with van der Waals surface area (Å²) >= 11 is 1.85. The van der Waals surface area contributed by atoms with E-state index < -0.39 is 0 Å². The highest BCUT2D eigenvalue weighted by Crippen LogP contribution is 2.37. The minimum Gasteiger partial charge on any atom is -0.256 e. The molecule has 0 radical (unpaired) electrons. The molecule has 0 atom stereocenters. The minimum atomic E-state index is 0.697. The number of fused-ring (bicyclic) bond motifs is 3. The van der Waals surface area contributed by atoms with Crippen LogP contribution in [0, 0.1) is 0 Å². The van der Waals surface area contributed by atoms with E-state index in [1.54, 1.807) is 0 Å². The predicted octanol–water partition coefficient (Wildman–Crippen LogP) is 10.6. The number of aromatic nitrogens is 3. The van der Waals surface area contributed by atoms with Crippen LogP contribution in [0.4, 0.5) is 0 Å². The Balaban J connectivity index is 1.17. The summed E-state index contributed by atoms with van der Waals surface area (Å²) in [6.45, 7) is 0. The third-order valence-electron chi connectivity index (χ3n) is 7.79. The van der Waals surface area contributed by atoms with E-state index in [2.05, 4.69) is 114 Å². The number of thiophene rings is 1. The number of hydrogen-bond donors (Lipinski definition) is 0. The third-order valence-corrected chi connectivity index (χ3v) is 8.94. The van der Waals surface area contributed by atoms with Gasteiger partial charge < -0.3 is 0 Å². The van der Waals surface area contributed by atoms with Crippen LogP contribution in [0.2, 0.25) is 0 Å². The molecule has 202 valence electrons. The number of pyridine rings is 1. The third kappa shape index (κ3) is 4.88. The zero-order valence-corrected chi connectivity index (χ0v) is 24.0. The van der Waals surface area contributed by atoms with Crippen molar-refractivity contribution >= 4 is 31.5 Å². The van der Waals surface area contributed by atoms with Gasteiger partial charge in [-0.05, 0) is 47.5 Å². The second kappa shape index (κ2) is 10.8. The van der Waals surface area contributed by atoms with Crippen molar-refractivity contribution in [3.8, 4) is 56.3 Å². The quantitative estimate of drug-likeness (QED) is 0.208. The first-order valence-electron chi connectivity index (χ1n) is 14.3. The fraction of sp³-hybridized carbons (Fsp3) is 0. The fourth-order valence-corrected chi connectivity index (χ4v) is 6.63. The molecule has 4 heteroatoms. The molecular weight excluding hydrogens is 543 g/mol. The van der Waals surface area contributed by atoms with Crippen LogP contribution in [0.15, 0.2) is 152 Å². The molecule has 3 heterocycles. The van der Waals surface area contributed by atoms with Crippen molar-refractivity contribution in [2.75, 3.05) is 0 Å². The van der Waals surface area contributed by atoms with E-state index in [1.807, 2.05) is 53.9 Å². The summed E-state index contributed by atoms with van der Waals surface area (Å²) in [7, 11) is 0. The Hall–Kier alpha value is -5.45. The SMILES string of the molecule is c1ccc(-c2cc(-c3ccc(-c4ccc5sc6ccccc6c5c4)cc3)nc(-c3ccc(-c4ccccn4)cc3)n2)cc1. The summed E-state index contributed by atoms with van der Waals surface area (Å²) in [6, 6.07) is 50.8. The number of hydrogen-bond acceptors (Lipinski definition) is 4. The Morgan fingerprint density at radius 2 is 0.953 bits per heavy atom. The average molecular weight is 568 g/mol. The molecule has 0 N–H and O–H groups in total. The Bertz CT molecular complexity index is 2200. The molecule has 8 aromatic rings. The first-order valence-corrected chi connectivity index (χ1v) is 15.1. The summed E-state index contributed by atoms with van der Waals surface area (Å²) < 4.78 is 2.64. The summed E-state index contributed by atoms with van der Waals surface area (Å²) in [5.74, 6) is 0.697. The van der Waals surface area contributed by atoms with Gasteiger partial charge in [-0.1, -0.05) is 109 Å². The number of benzene rings is 5. The summed E-state index contributed by atoms with van der Waals surface area (Å²) in [5.41, 5.74) is 9.27. The second-order valence-corrected chi connectivity index (χ2v) is 11.6. The van der Waals surface area contributed by atoms with Crippen LogP contribution < -0.4 is 0 Å². The molecule has 0 unspecified atom stereocenters. The van der Waals surface area contributed by atoms with Gasteiger partial charge in [-0.2, -0.15) is 0 Å². The standard InChI is InChI=1S/C39H25N3S/c1-2-8-27(9-3-1)35-25-36(42-39(41-35)30-19-17-28(18-20-30)34-11-6-7-23-40-34)29-15-13-26(14-16-29)31-21-22-38-33(24-31)32-10-4-5-12-37(32)43-38/h1-25H. The van der Waals surface area contributed by atoms with Crippen molar-refractivity contribution < 1.29 is 0 Å². The van der Waals surface area contributed by atoms with Crippen molar-refractivity contribution in [1.82, 2.24) is 15.0 Å². The van der Waals surface area contributed by atoms with Crippen molar-refractivity contribution in [2.45, 2.75) is 0 Å². The van der Waals surface area contributed by atoms with E-state index in [4.69, 9.17) is 9.97 Å². The van der Waals surface area contributed by atoms with Gasteiger partial charge in [0.2, 0.25) is 0 Å². The first kappa shape index (κ1) is 25.3. The van der Waals surface area contributed by atoms with Crippen LogP contribution in [0.1, 0.15) is 0 Å². The number of rotatable bonds is 5. The molecule has 0 aliphatic heterocycles. The molecular formula is C39H25N3S. The van der Waals surface area contributed by atoms with Gasteiger partial charge in [0.25, 0.3) is 0 Å². The van der Waals surface area contributed by atoms with Crippen LogP contribution in [0.5, 0.6) is 0 Å². The molecule has 0 fully saturated rings. The van der Waals surface area contributed by atoms with Crippen molar-refractivity contribution in [3.05, 3.63) is 152 Å². The first-order chi connectivity index (χ1) is 21.3. The molecule has 8 rings (SSSR count). The summed E-state index contributed by atoms with van der Waals surface area (Å²) in [5, 5.41) is 2.63. The van der Waals surface area contributed by atoms with Gasteiger partial charge in [0, 0.05) is 48.6 Å². The molecule has 0 aliphatic carbocycles. The monoisotopic (exact) mass is 567 g/mol. The van der Waals surface area contributed by atoms with E-state index in [-0.39, 0.29) is 0 Å². The molecule has 0 bridgehead atoms. The van der Waals surface area contributed by atoms with E-state index in [0.717, 1.165) is 39.3 Å². The zero-order valence-electron chi connectivity index (χ0n) is 23.2. The highest BCUT2D eigenvalue weighted by atomic mass is 32.1. The molecule has 43 heavy (non-hydrogen) atoms. The van der Waals surface area contributed by atoms with E-state index in [0.29, 0.717) is 5.82 Å². The smallest absolute Gasteiger partial charge is 0.160 e. The maximum absolute atomic E-state index is 5.05. The Morgan fingerprint density at radius 1 is 0.372 bits per heavy atom. The van der Waals surface area contributed by atoms with Crippen LogP contribution >= 0.6 is 11.3 Å². The largest absolute Gasteiger partial charge is 0.256 e. The zero-order chi connectivity index (χ0) is 28.6. The summed E-state index contributed by atoms with van der Waals surface area (Å²) in [4.78, 5) is 14.5. The normalized spacial score (nSPS) is 11.3. The minimum absolute atomic E-state index is 0.697. The molecule has 3 nitrogen and oxygen atoms in total. The van der Waals surface area contributed by atoms with Crippen molar-refractivity contribution in [2.24, 2.45) is 0 Å². The van der Waals surface area contributed by atoms with Crippen LogP contribution in [-0.2, 0) is 0 Å². The fourth-order valence-electron chi connectivity index (χ4n) is 5.54. The van der Waals surface area contributed by atoms with Crippen LogP contribution in [0.3, 0.4) is 0 Å². The van der Waals surface area contributed by atoms with E-state index in [1.165, 1.54) is 31.3 Å². The topological polar surface area (TPSA) is 38.7 Å². The molecule has 3 aromatic heterocycles. The Labute approximate surface area is 253 Å². The molecule has 0 amide bonds. The van der Waals surface area contributed by atoms with Crippen molar-refractivity contribution in [1.29, 1.82) is 0 Å². The van der Waals surface area contributed by atoms with Gasteiger partial charge in [0.05, 0.1) is 17.1 Å². The molecule has 0 aliphatic rings. The second-order valence-electron chi connectivity index (χ2n) is 10.5. The summed E-state index contributed by atoms with van der Waals surface area (Å²) in [6.07, 6.45) is 1.82. The predicted molar refractivity (Wildman–Crippen MR) is 180 cm³/mol. The maximum Gasteiger partial charge on any atom is 0.160 e. The number of nitrogens with zero attached hydrogens (tertiary/aromatic N) is 3. The molecule has 0 saturated carbocycles. The van der Waals surface area contributed by atoms with E-state index >= 15 is 0 Å². The van der Waals surface area contributed by atoms with Gasteiger partial charge in [0.1, 0.15) is 0 Å². The lowest BCUT2D eigenvalue weighted by molar-refractivity contribution is 1.18. The van der Waals surface area contributed by atoms with Gasteiger partial charge in [-0.15, -0.1) is 11.3 Å². The molecule has 5 aromatic carbocycles. The highest BCUT2D eigenvalue weighted by molar-refractivity contribution is 7.25. The van der Waals surface area contributed by atoms with Gasteiger partial charge in [-0.3, -0.25) is 4.98 Å². The Kier molecular flexibility index (Phi) is 6.32. The lowest BCUT2D eigenvalue weighted by Crippen LogP contribution is -1.96. The van der Waals surface area contributed by atoms with Gasteiger partial charge >= 0.3 is 0 Å². The lowest BCUT2D eigenvalue weighted by atomic mass is 10.00. The average Bonchev–Trinajstić information content (AvgIpc) is 3.47.